The first-order chi connectivity index (χ1) is 13.9. The Morgan fingerprint density at radius 3 is 2.69 bits per heavy atom. The lowest BCUT2D eigenvalue weighted by Crippen LogP contribution is -2.42. The fourth-order valence-corrected chi connectivity index (χ4v) is 5.01. The monoisotopic (exact) mass is 433 g/mol. The fraction of sp³-hybridized carbons (Fsp3) is 0.409. The summed E-state index contributed by atoms with van der Waals surface area (Å²) in [7, 11) is 0. The Morgan fingerprint density at radius 1 is 1.21 bits per heavy atom. The molecule has 2 heterocycles. The molecule has 0 radical (unpaired) electrons. The molecule has 0 bridgehead atoms. The minimum atomic E-state index is -0.502. The molecule has 152 valence electrons. The summed E-state index contributed by atoms with van der Waals surface area (Å²) in [6, 6.07) is 8.66. The Kier molecular flexibility index (Phi) is 5.88. The van der Waals surface area contributed by atoms with Gasteiger partial charge in [-0.3, -0.25) is 4.79 Å². The summed E-state index contributed by atoms with van der Waals surface area (Å²) in [4.78, 5) is 22.9. The molecular weight excluding hydrogens is 412 g/mol. The van der Waals surface area contributed by atoms with Gasteiger partial charge >= 0.3 is 0 Å². The van der Waals surface area contributed by atoms with Gasteiger partial charge in [0.25, 0.3) is 0 Å². The second-order valence-electron chi connectivity index (χ2n) is 7.84. The molecule has 2 aromatic rings. The second kappa shape index (κ2) is 8.41. The van der Waals surface area contributed by atoms with Gasteiger partial charge in [-0.1, -0.05) is 35.7 Å². The van der Waals surface area contributed by atoms with Gasteiger partial charge < -0.3 is 4.90 Å². The average molecular weight is 434 g/mol. The van der Waals surface area contributed by atoms with Crippen molar-refractivity contribution in [1.29, 1.82) is 0 Å². The van der Waals surface area contributed by atoms with Crippen LogP contribution in [0, 0.1) is 11.9 Å². The van der Waals surface area contributed by atoms with E-state index in [0.29, 0.717) is 28.8 Å². The molecule has 1 amide bonds. The predicted molar refractivity (Wildman–Crippen MR) is 113 cm³/mol. The lowest BCUT2D eigenvalue weighted by molar-refractivity contribution is -0.132. The number of fused-ring (bicyclic) bond motifs is 1. The van der Waals surface area contributed by atoms with E-state index in [0.717, 1.165) is 42.5 Å². The van der Waals surface area contributed by atoms with Crippen LogP contribution in [0.15, 0.2) is 35.3 Å². The van der Waals surface area contributed by atoms with E-state index in [9.17, 15) is 9.18 Å². The quantitative estimate of drug-likeness (QED) is 0.574. The summed E-state index contributed by atoms with van der Waals surface area (Å²) in [6.45, 7) is 2.08. The van der Waals surface area contributed by atoms with E-state index in [1.54, 1.807) is 19.1 Å². The SMILES string of the molecule is CC(=O)N(Cc1cc(Cl)cc(Cl)c1)C1CCCC(C2=Nc3nc(F)ccc3C2)C1. The van der Waals surface area contributed by atoms with Crippen LogP contribution in [-0.2, 0) is 17.8 Å². The Morgan fingerprint density at radius 2 is 1.97 bits per heavy atom. The number of hydrogen-bond acceptors (Lipinski definition) is 3. The first-order valence-corrected chi connectivity index (χ1v) is 10.6. The van der Waals surface area contributed by atoms with Gasteiger partial charge in [0.2, 0.25) is 11.9 Å². The van der Waals surface area contributed by atoms with Crippen LogP contribution in [-0.4, -0.2) is 27.5 Å². The van der Waals surface area contributed by atoms with Crippen molar-refractivity contribution in [1.82, 2.24) is 9.88 Å². The summed E-state index contributed by atoms with van der Waals surface area (Å²) < 4.78 is 13.4. The van der Waals surface area contributed by atoms with Crippen molar-refractivity contribution in [3.8, 4) is 0 Å². The summed E-state index contributed by atoms with van der Waals surface area (Å²) >= 11 is 12.3. The molecule has 0 N–H and O–H groups in total. The number of rotatable bonds is 4. The maximum atomic E-state index is 13.4. The van der Waals surface area contributed by atoms with Gasteiger partial charge in [-0.05, 0) is 55.0 Å². The van der Waals surface area contributed by atoms with E-state index in [-0.39, 0.29) is 17.9 Å². The number of pyridine rings is 1. The van der Waals surface area contributed by atoms with Crippen molar-refractivity contribution >= 4 is 40.6 Å². The highest BCUT2D eigenvalue weighted by Crippen LogP contribution is 2.35. The molecule has 1 aliphatic heterocycles. The van der Waals surface area contributed by atoms with Gasteiger partial charge in [-0.25, -0.2) is 4.99 Å². The molecular formula is C22H22Cl2FN3O. The Balaban J connectivity index is 1.50. The largest absolute Gasteiger partial charge is 0.336 e. The van der Waals surface area contributed by atoms with Crippen molar-refractivity contribution in [3.05, 3.63) is 57.5 Å². The van der Waals surface area contributed by atoms with E-state index < -0.39 is 5.95 Å². The van der Waals surface area contributed by atoms with Gasteiger partial charge in [0, 0.05) is 47.3 Å². The Hall–Kier alpha value is -1.98. The van der Waals surface area contributed by atoms with Gasteiger partial charge in [-0.2, -0.15) is 9.37 Å². The summed E-state index contributed by atoms with van der Waals surface area (Å²) in [5.74, 6) is 0.306. The van der Waals surface area contributed by atoms with E-state index in [2.05, 4.69) is 9.98 Å². The zero-order valence-electron chi connectivity index (χ0n) is 16.2. The van der Waals surface area contributed by atoms with Crippen LogP contribution in [0.5, 0.6) is 0 Å². The molecule has 2 unspecified atom stereocenters. The number of halogens is 3. The van der Waals surface area contributed by atoms with Crippen molar-refractivity contribution in [2.45, 2.75) is 51.6 Å². The van der Waals surface area contributed by atoms with E-state index in [1.807, 2.05) is 17.0 Å². The molecule has 4 rings (SSSR count). The second-order valence-corrected chi connectivity index (χ2v) is 8.71. The normalized spacial score (nSPS) is 20.9. The van der Waals surface area contributed by atoms with Gasteiger partial charge in [-0.15, -0.1) is 0 Å². The predicted octanol–water partition coefficient (Wildman–Crippen LogP) is 5.76. The van der Waals surface area contributed by atoms with Crippen LogP contribution >= 0.6 is 23.2 Å². The van der Waals surface area contributed by atoms with Gasteiger partial charge in [0.15, 0.2) is 5.82 Å². The van der Waals surface area contributed by atoms with Crippen LogP contribution in [0.2, 0.25) is 10.0 Å². The molecule has 2 atom stereocenters. The third-order valence-corrected chi connectivity index (χ3v) is 6.22. The van der Waals surface area contributed by atoms with Crippen LogP contribution in [0.25, 0.3) is 0 Å². The van der Waals surface area contributed by atoms with E-state index >= 15 is 0 Å². The molecule has 1 aliphatic carbocycles. The lowest BCUT2D eigenvalue weighted by Gasteiger charge is -2.37. The van der Waals surface area contributed by atoms with Gasteiger partial charge in [0.05, 0.1) is 0 Å². The maximum absolute atomic E-state index is 13.4. The Bertz CT molecular complexity index is 958. The lowest BCUT2D eigenvalue weighted by atomic mass is 9.81. The summed E-state index contributed by atoms with van der Waals surface area (Å²) in [6.07, 6.45) is 4.57. The number of nitrogens with zero attached hydrogens (tertiary/aromatic N) is 3. The molecule has 1 aromatic carbocycles. The van der Waals surface area contributed by atoms with E-state index in [4.69, 9.17) is 23.2 Å². The van der Waals surface area contributed by atoms with Crippen molar-refractivity contribution in [2.24, 2.45) is 10.9 Å². The fourth-order valence-electron chi connectivity index (χ4n) is 4.44. The highest BCUT2D eigenvalue weighted by molar-refractivity contribution is 6.34. The van der Waals surface area contributed by atoms with Crippen LogP contribution in [0.3, 0.4) is 0 Å². The highest BCUT2D eigenvalue weighted by atomic mass is 35.5. The molecule has 1 aromatic heterocycles. The van der Waals surface area contributed by atoms with Crippen molar-refractivity contribution in [2.75, 3.05) is 0 Å². The minimum absolute atomic E-state index is 0.0344. The molecule has 0 spiro atoms. The smallest absolute Gasteiger partial charge is 0.219 e. The van der Waals surface area contributed by atoms with Crippen LogP contribution in [0.4, 0.5) is 10.2 Å². The maximum Gasteiger partial charge on any atom is 0.219 e. The van der Waals surface area contributed by atoms with Crippen molar-refractivity contribution in [3.63, 3.8) is 0 Å². The van der Waals surface area contributed by atoms with Gasteiger partial charge in [0.1, 0.15) is 0 Å². The number of carbonyl (C=O) groups excluding carboxylic acids is 1. The topological polar surface area (TPSA) is 45.6 Å². The number of benzene rings is 1. The first kappa shape index (κ1) is 20.3. The van der Waals surface area contributed by atoms with Crippen molar-refractivity contribution < 1.29 is 9.18 Å². The molecule has 0 saturated heterocycles. The first-order valence-electron chi connectivity index (χ1n) is 9.84. The molecule has 1 saturated carbocycles. The number of carbonyl (C=O) groups is 1. The van der Waals surface area contributed by atoms with E-state index in [1.165, 1.54) is 6.07 Å². The summed E-state index contributed by atoms with van der Waals surface area (Å²) in [5.41, 5.74) is 2.95. The average Bonchev–Trinajstić information content (AvgIpc) is 3.08. The Labute approximate surface area is 179 Å². The standard InChI is InChI=1S/C22H22Cl2FN3O/c1-13(29)28(12-14-7-17(23)11-18(24)8-14)19-4-2-3-15(9-19)20-10-16-5-6-21(25)27-22(16)26-20/h5-8,11,15,19H,2-4,9-10,12H2,1H3. The third kappa shape index (κ3) is 4.62. The number of aliphatic imine (C=N–C) groups is 1. The number of aromatic nitrogens is 1. The number of hydrogen-bond donors (Lipinski definition) is 0. The molecule has 1 fully saturated rings. The number of amides is 1. The van der Waals surface area contributed by atoms with Crippen LogP contribution in [0.1, 0.15) is 43.7 Å². The highest BCUT2D eigenvalue weighted by Gasteiger charge is 2.32. The molecule has 2 aliphatic rings. The molecule has 29 heavy (non-hydrogen) atoms. The zero-order chi connectivity index (χ0) is 20.5. The molecule has 7 heteroatoms. The molecule has 4 nitrogen and oxygen atoms in total. The summed E-state index contributed by atoms with van der Waals surface area (Å²) in [5, 5.41) is 1.13. The third-order valence-electron chi connectivity index (χ3n) is 5.78. The minimum Gasteiger partial charge on any atom is -0.336 e. The zero-order valence-corrected chi connectivity index (χ0v) is 17.7. The van der Waals surface area contributed by atoms with Crippen LogP contribution < -0.4 is 0 Å².